The van der Waals surface area contributed by atoms with Crippen molar-refractivity contribution < 1.29 is 0 Å². The largest absolute Gasteiger partial charge is 0.396 e. The van der Waals surface area contributed by atoms with E-state index in [0.29, 0.717) is 5.69 Å². The first-order chi connectivity index (χ1) is 8.25. The topological polar surface area (TPSA) is 56.7 Å². The number of rotatable bonds is 1. The average molecular weight is 293 g/mol. The Morgan fingerprint density at radius 3 is 2.88 bits per heavy atom. The summed E-state index contributed by atoms with van der Waals surface area (Å²) in [5, 5.41) is 0. The first-order valence-electron chi connectivity index (χ1n) is 5.72. The summed E-state index contributed by atoms with van der Waals surface area (Å²) in [5.74, 6) is 0.781. The number of aryl methyl sites for hydroxylation is 1. The molecule has 88 valence electrons. The number of nitrogens with two attached hydrogens (primary N) is 1. The van der Waals surface area contributed by atoms with Gasteiger partial charge in [-0.1, -0.05) is 0 Å². The van der Waals surface area contributed by atoms with E-state index in [0.717, 1.165) is 23.1 Å². The number of hydrogen-bond acceptors (Lipinski definition) is 3. The molecule has 4 nitrogen and oxygen atoms in total. The van der Waals surface area contributed by atoms with Crippen LogP contribution in [0.4, 0.5) is 5.69 Å². The first-order valence-corrected chi connectivity index (χ1v) is 6.51. The normalized spacial score (nSPS) is 14.6. The molecule has 0 unspecified atom stereocenters. The number of nitrogens with zero attached hydrogens (tertiary/aromatic N) is 3. The Hall–Kier alpha value is -1.36. The van der Waals surface area contributed by atoms with Gasteiger partial charge in [-0.3, -0.25) is 4.57 Å². The highest BCUT2D eigenvalue weighted by molar-refractivity contribution is 9.10. The van der Waals surface area contributed by atoms with E-state index in [4.69, 9.17) is 5.73 Å². The smallest absolute Gasteiger partial charge is 0.161 e. The van der Waals surface area contributed by atoms with Gasteiger partial charge in [0.1, 0.15) is 6.33 Å². The lowest BCUT2D eigenvalue weighted by atomic mass is 10.0. The van der Waals surface area contributed by atoms with E-state index in [2.05, 4.69) is 25.9 Å². The molecule has 0 amide bonds. The lowest BCUT2D eigenvalue weighted by molar-refractivity contribution is 0.654. The molecular formula is C12H13BrN4. The third-order valence-corrected chi connectivity index (χ3v) is 3.55. The van der Waals surface area contributed by atoms with Crippen molar-refractivity contribution in [2.24, 2.45) is 0 Å². The average Bonchev–Trinajstić information content (AvgIpc) is 2.73. The summed E-state index contributed by atoms with van der Waals surface area (Å²) in [7, 11) is 0. The van der Waals surface area contributed by atoms with Crippen LogP contribution in [0.2, 0.25) is 0 Å². The summed E-state index contributed by atoms with van der Waals surface area (Å²) in [6.45, 7) is 0. The molecule has 0 atom stereocenters. The number of hydrogen-bond donors (Lipinski definition) is 1. The molecular weight excluding hydrogens is 280 g/mol. The van der Waals surface area contributed by atoms with Gasteiger partial charge in [-0.05, 0) is 47.7 Å². The van der Waals surface area contributed by atoms with Gasteiger partial charge in [0.15, 0.2) is 5.82 Å². The summed E-state index contributed by atoms with van der Waals surface area (Å²) in [4.78, 5) is 8.83. The van der Waals surface area contributed by atoms with Gasteiger partial charge < -0.3 is 5.73 Å². The van der Waals surface area contributed by atoms with E-state index in [-0.39, 0.29) is 0 Å². The van der Waals surface area contributed by atoms with Crippen LogP contribution in [-0.2, 0) is 12.8 Å². The Labute approximate surface area is 108 Å². The van der Waals surface area contributed by atoms with Crippen molar-refractivity contribution in [3.8, 4) is 5.82 Å². The maximum atomic E-state index is 6.00. The number of aromatic nitrogens is 3. The van der Waals surface area contributed by atoms with Crippen LogP contribution in [0.3, 0.4) is 0 Å². The van der Waals surface area contributed by atoms with Crippen LogP contribution >= 0.6 is 15.9 Å². The second-order valence-electron chi connectivity index (χ2n) is 4.28. The zero-order valence-electron chi connectivity index (χ0n) is 9.36. The highest BCUT2D eigenvalue weighted by Crippen LogP contribution is 2.25. The van der Waals surface area contributed by atoms with Crippen molar-refractivity contribution in [2.45, 2.75) is 25.7 Å². The molecule has 17 heavy (non-hydrogen) atoms. The van der Waals surface area contributed by atoms with E-state index in [1.165, 1.54) is 24.2 Å². The van der Waals surface area contributed by atoms with Crippen LogP contribution in [0.25, 0.3) is 5.82 Å². The highest BCUT2D eigenvalue weighted by Gasteiger charge is 2.17. The maximum absolute atomic E-state index is 6.00. The van der Waals surface area contributed by atoms with Crippen LogP contribution in [0.15, 0.2) is 23.1 Å². The van der Waals surface area contributed by atoms with Crippen molar-refractivity contribution in [1.29, 1.82) is 0 Å². The molecule has 0 saturated carbocycles. The van der Waals surface area contributed by atoms with Crippen LogP contribution < -0.4 is 5.73 Å². The minimum Gasteiger partial charge on any atom is -0.396 e. The lowest BCUT2D eigenvalue weighted by Crippen LogP contribution is -2.09. The third-order valence-electron chi connectivity index (χ3n) is 3.12. The number of halogens is 1. The first kappa shape index (κ1) is 10.8. The van der Waals surface area contributed by atoms with Crippen molar-refractivity contribution in [3.63, 3.8) is 0 Å². The summed E-state index contributed by atoms with van der Waals surface area (Å²) in [6.07, 6.45) is 8.18. The van der Waals surface area contributed by atoms with Gasteiger partial charge in [-0.2, -0.15) is 0 Å². The van der Waals surface area contributed by atoms with Crippen molar-refractivity contribution >= 4 is 21.6 Å². The Bertz CT molecular complexity index is 562. The monoisotopic (exact) mass is 292 g/mol. The number of fused-ring (bicyclic) bond motifs is 1. The predicted octanol–water partition coefficient (Wildman–Crippen LogP) is 2.49. The summed E-state index contributed by atoms with van der Waals surface area (Å²) in [5.41, 5.74) is 9.13. The molecule has 5 heteroatoms. The van der Waals surface area contributed by atoms with Crippen molar-refractivity contribution in [3.05, 3.63) is 34.5 Å². The van der Waals surface area contributed by atoms with Gasteiger partial charge in [0.2, 0.25) is 0 Å². The SMILES string of the molecule is Nc1cc(Br)cnc1-n1cnc2c1CCCC2. The van der Waals surface area contributed by atoms with E-state index in [1.54, 1.807) is 6.20 Å². The molecule has 0 saturated heterocycles. The molecule has 2 aromatic rings. The molecule has 0 aliphatic heterocycles. The van der Waals surface area contributed by atoms with E-state index in [1.807, 2.05) is 17.0 Å². The second-order valence-corrected chi connectivity index (χ2v) is 5.20. The summed E-state index contributed by atoms with van der Waals surface area (Å²) < 4.78 is 2.92. The standard InChI is InChI=1S/C12H13BrN4/c13-8-5-9(14)12(15-6-8)17-7-16-10-3-1-2-4-11(10)17/h5-7H,1-4,14H2. The Morgan fingerprint density at radius 2 is 2.06 bits per heavy atom. The minimum atomic E-state index is 0.671. The molecule has 0 aromatic carbocycles. The fourth-order valence-electron chi connectivity index (χ4n) is 2.30. The Kier molecular flexibility index (Phi) is 2.63. The third kappa shape index (κ3) is 1.84. The highest BCUT2D eigenvalue weighted by atomic mass is 79.9. The van der Waals surface area contributed by atoms with Crippen LogP contribution in [0.1, 0.15) is 24.2 Å². The van der Waals surface area contributed by atoms with Gasteiger partial charge in [0.25, 0.3) is 0 Å². The molecule has 0 bridgehead atoms. The van der Waals surface area contributed by atoms with E-state index >= 15 is 0 Å². The molecule has 2 aromatic heterocycles. The van der Waals surface area contributed by atoms with E-state index < -0.39 is 0 Å². The van der Waals surface area contributed by atoms with Crippen LogP contribution in [-0.4, -0.2) is 14.5 Å². The Morgan fingerprint density at radius 1 is 1.24 bits per heavy atom. The van der Waals surface area contributed by atoms with Gasteiger partial charge in [0.05, 0.1) is 11.4 Å². The number of imidazole rings is 1. The molecule has 1 aliphatic carbocycles. The molecule has 0 radical (unpaired) electrons. The van der Waals surface area contributed by atoms with Crippen molar-refractivity contribution in [1.82, 2.24) is 14.5 Å². The van der Waals surface area contributed by atoms with Gasteiger partial charge >= 0.3 is 0 Å². The molecule has 0 fully saturated rings. The minimum absolute atomic E-state index is 0.671. The summed E-state index contributed by atoms with van der Waals surface area (Å²) in [6, 6.07) is 1.87. The number of nitrogen functional groups attached to an aromatic ring is 1. The summed E-state index contributed by atoms with van der Waals surface area (Å²) >= 11 is 3.37. The van der Waals surface area contributed by atoms with Crippen molar-refractivity contribution in [2.75, 3.05) is 5.73 Å². The molecule has 2 N–H and O–H groups in total. The Balaban J connectivity index is 2.12. The zero-order chi connectivity index (χ0) is 11.8. The molecule has 1 aliphatic rings. The van der Waals surface area contributed by atoms with Gasteiger partial charge in [-0.25, -0.2) is 9.97 Å². The van der Waals surface area contributed by atoms with Gasteiger partial charge in [0, 0.05) is 16.4 Å². The van der Waals surface area contributed by atoms with Crippen LogP contribution in [0.5, 0.6) is 0 Å². The predicted molar refractivity (Wildman–Crippen MR) is 70.1 cm³/mol. The zero-order valence-corrected chi connectivity index (χ0v) is 10.9. The number of anilines is 1. The fourth-order valence-corrected chi connectivity index (χ4v) is 2.65. The second kappa shape index (κ2) is 4.14. The quantitative estimate of drug-likeness (QED) is 0.879. The lowest BCUT2D eigenvalue weighted by Gasteiger charge is -2.14. The van der Waals surface area contributed by atoms with Gasteiger partial charge in [-0.15, -0.1) is 0 Å². The number of pyridine rings is 1. The van der Waals surface area contributed by atoms with Crippen LogP contribution in [0, 0.1) is 0 Å². The molecule has 0 spiro atoms. The molecule has 3 rings (SSSR count). The molecule has 2 heterocycles. The fraction of sp³-hybridized carbons (Fsp3) is 0.333. The maximum Gasteiger partial charge on any atom is 0.161 e. The van der Waals surface area contributed by atoms with E-state index in [9.17, 15) is 0 Å².